The number of hydrogen-bond donors (Lipinski definition) is 1. The van der Waals surface area contributed by atoms with Crippen molar-refractivity contribution in [2.75, 3.05) is 0 Å². The summed E-state index contributed by atoms with van der Waals surface area (Å²) in [5.74, 6) is 0. The van der Waals surface area contributed by atoms with Crippen molar-refractivity contribution < 1.29 is 5.11 Å². The van der Waals surface area contributed by atoms with Gasteiger partial charge >= 0.3 is 0 Å². The van der Waals surface area contributed by atoms with Gasteiger partial charge in [-0.05, 0) is 19.4 Å². The zero-order valence-corrected chi connectivity index (χ0v) is 8.04. The van der Waals surface area contributed by atoms with Gasteiger partial charge in [-0.3, -0.25) is 0 Å². The fourth-order valence-corrected chi connectivity index (χ4v) is 1.10. The lowest BCUT2D eigenvalue weighted by Crippen LogP contribution is -1.97. The van der Waals surface area contributed by atoms with Crippen molar-refractivity contribution in [3.8, 4) is 0 Å². The van der Waals surface area contributed by atoms with Gasteiger partial charge < -0.3 is 5.11 Å². The minimum atomic E-state index is -0.571. The van der Waals surface area contributed by atoms with Crippen LogP contribution in [0.15, 0.2) is 42.1 Å². The normalized spacial score (nSPS) is 11.9. The van der Waals surface area contributed by atoms with E-state index < -0.39 is 6.10 Å². The first-order valence-electron chi connectivity index (χ1n) is 4.26. The zero-order valence-electron chi connectivity index (χ0n) is 8.04. The van der Waals surface area contributed by atoms with Crippen molar-refractivity contribution in [2.45, 2.75) is 20.0 Å². The van der Waals surface area contributed by atoms with Crippen LogP contribution in [0.3, 0.4) is 0 Å². The van der Waals surface area contributed by atoms with E-state index in [4.69, 9.17) is 0 Å². The smallest absolute Gasteiger partial charge is 0.107 e. The van der Waals surface area contributed by atoms with E-state index in [0.29, 0.717) is 0 Å². The first kappa shape index (κ1) is 9.79. The van der Waals surface area contributed by atoms with Crippen LogP contribution in [-0.2, 0) is 0 Å². The van der Waals surface area contributed by atoms with E-state index in [1.807, 2.05) is 38.1 Å². The lowest BCUT2D eigenvalue weighted by atomic mass is 10.0. The van der Waals surface area contributed by atoms with E-state index >= 15 is 0 Å². The van der Waals surface area contributed by atoms with Crippen LogP contribution in [0.4, 0.5) is 0 Å². The summed E-state index contributed by atoms with van der Waals surface area (Å²) in [5, 5.41) is 9.74. The van der Waals surface area contributed by atoms with Gasteiger partial charge in [0.05, 0.1) is 0 Å². The van der Waals surface area contributed by atoms with Crippen molar-refractivity contribution >= 4 is 0 Å². The molecular weight excluding hydrogens is 160 g/mol. The summed E-state index contributed by atoms with van der Waals surface area (Å²) in [6, 6.07) is 7.80. The molecule has 0 heterocycles. The van der Waals surface area contributed by atoms with E-state index in [-0.39, 0.29) is 0 Å². The monoisotopic (exact) mass is 174 g/mol. The maximum atomic E-state index is 9.74. The van der Waals surface area contributed by atoms with Crippen LogP contribution in [0, 0.1) is 6.92 Å². The second-order valence-electron chi connectivity index (χ2n) is 3.17. The van der Waals surface area contributed by atoms with Gasteiger partial charge in [0, 0.05) is 5.57 Å². The molecule has 0 saturated heterocycles. The SMILES string of the molecule is C=C=C(C)C(O)c1ccc(C)cc1. The Hall–Kier alpha value is -1.30. The molecule has 1 heteroatoms. The highest BCUT2D eigenvalue weighted by Crippen LogP contribution is 2.20. The van der Waals surface area contributed by atoms with E-state index in [0.717, 1.165) is 11.1 Å². The number of aliphatic hydroxyl groups is 1. The highest BCUT2D eigenvalue weighted by atomic mass is 16.3. The van der Waals surface area contributed by atoms with Gasteiger partial charge in [-0.1, -0.05) is 36.4 Å². The van der Waals surface area contributed by atoms with E-state index in [2.05, 4.69) is 12.3 Å². The quantitative estimate of drug-likeness (QED) is 0.683. The van der Waals surface area contributed by atoms with Crippen LogP contribution in [0.1, 0.15) is 24.2 Å². The number of rotatable bonds is 2. The van der Waals surface area contributed by atoms with Crippen molar-refractivity contribution in [1.82, 2.24) is 0 Å². The average molecular weight is 174 g/mol. The van der Waals surface area contributed by atoms with Gasteiger partial charge in [-0.15, -0.1) is 5.73 Å². The third-order valence-electron chi connectivity index (χ3n) is 2.08. The predicted molar refractivity (Wildman–Crippen MR) is 54.5 cm³/mol. The zero-order chi connectivity index (χ0) is 9.84. The summed E-state index contributed by atoms with van der Waals surface area (Å²) >= 11 is 0. The third kappa shape index (κ3) is 2.32. The molecule has 1 rings (SSSR count). The Morgan fingerprint density at radius 1 is 1.38 bits per heavy atom. The van der Waals surface area contributed by atoms with Crippen molar-refractivity contribution in [2.24, 2.45) is 0 Å². The Morgan fingerprint density at radius 2 is 1.92 bits per heavy atom. The summed E-state index contributed by atoms with van der Waals surface area (Å²) < 4.78 is 0. The number of benzene rings is 1. The summed E-state index contributed by atoms with van der Waals surface area (Å²) in [6.45, 7) is 7.34. The molecule has 0 aliphatic rings. The molecule has 1 N–H and O–H groups in total. The highest BCUT2D eigenvalue weighted by Gasteiger charge is 2.07. The standard InChI is InChI=1S/C12H14O/c1-4-10(3)12(13)11-7-5-9(2)6-8-11/h5-8,12-13H,1H2,2-3H3. The Bertz CT molecular complexity index is 329. The molecule has 1 aromatic carbocycles. The molecule has 0 aliphatic carbocycles. The van der Waals surface area contributed by atoms with Crippen LogP contribution in [0.2, 0.25) is 0 Å². The summed E-state index contributed by atoms with van der Waals surface area (Å²) in [6.07, 6.45) is -0.571. The van der Waals surface area contributed by atoms with Crippen molar-refractivity contribution in [3.05, 3.63) is 53.3 Å². The molecule has 0 spiro atoms. The number of aliphatic hydroxyl groups excluding tert-OH is 1. The van der Waals surface area contributed by atoms with Crippen LogP contribution < -0.4 is 0 Å². The van der Waals surface area contributed by atoms with E-state index in [9.17, 15) is 5.11 Å². The summed E-state index contributed by atoms with van der Waals surface area (Å²) in [7, 11) is 0. The molecule has 0 bridgehead atoms. The lowest BCUT2D eigenvalue weighted by Gasteiger charge is -2.09. The Kier molecular flexibility index (Phi) is 3.07. The van der Waals surface area contributed by atoms with Gasteiger partial charge in [0.25, 0.3) is 0 Å². The molecule has 0 radical (unpaired) electrons. The van der Waals surface area contributed by atoms with Crippen molar-refractivity contribution in [1.29, 1.82) is 0 Å². The van der Waals surface area contributed by atoms with E-state index in [1.54, 1.807) is 0 Å². The Balaban J connectivity index is 2.96. The van der Waals surface area contributed by atoms with Gasteiger partial charge in [-0.2, -0.15) is 0 Å². The topological polar surface area (TPSA) is 20.2 Å². The summed E-state index contributed by atoms with van der Waals surface area (Å²) in [5.41, 5.74) is 5.53. The maximum absolute atomic E-state index is 9.74. The van der Waals surface area contributed by atoms with Gasteiger partial charge in [0.15, 0.2) is 0 Å². The Labute approximate surface area is 79.0 Å². The maximum Gasteiger partial charge on any atom is 0.107 e. The molecule has 13 heavy (non-hydrogen) atoms. The summed E-state index contributed by atoms with van der Waals surface area (Å²) in [4.78, 5) is 0. The fraction of sp³-hybridized carbons (Fsp3) is 0.250. The van der Waals surface area contributed by atoms with Crippen LogP contribution in [0.25, 0.3) is 0 Å². The second kappa shape index (κ2) is 4.08. The lowest BCUT2D eigenvalue weighted by molar-refractivity contribution is 0.216. The van der Waals surface area contributed by atoms with Crippen LogP contribution in [-0.4, -0.2) is 5.11 Å². The molecule has 1 aromatic rings. The van der Waals surface area contributed by atoms with E-state index in [1.165, 1.54) is 5.56 Å². The molecule has 1 atom stereocenters. The molecular formula is C12H14O. The molecule has 0 saturated carbocycles. The fourth-order valence-electron chi connectivity index (χ4n) is 1.10. The molecule has 0 aliphatic heterocycles. The number of aryl methyl sites for hydroxylation is 1. The first-order valence-corrected chi connectivity index (χ1v) is 4.26. The third-order valence-corrected chi connectivity index (χ3v) is 2.08. The first-order chi connectivity index (χ1) is 6.15. The van der Waals surface area contributed by atoms with Gasteiger partial charge in [0.2, 0.25) is 0 Å². The second-order valence-corrected chi connectivity index (χ2v) is 3.17. The Morgan fingerprint density at radius 3 is 2.38 bits per heavy atom. The molecule has 1 nitrogen and oxygen atoms in total. The predicted octanol–water partition coefficient (Wildman–Crippen LogP) is 2.76. The van der Waals surface area contributed by atoms with Crippen molar-refractivity contribution in [3.63, 3.8) is 0 Å². The molecule has 0 amide bonds. The largest absolute Gasteiger partial charge is 0.383 e. The van der Waals surface area contributed by atoms with Gasteiger partial charge in [0.1, 0.15) is 6.10 Å². The number of hydrogen-bond acceptors (Lipinski definition) is 1. The van der Waals surface area contributed by atoms with Crippen LogP contribution >= 0.6 is 0 Å². The molecule has 1 unspecified atom stereocenters. The van der Waals surface area contributed by atoms with Gasteiger partial charge in [-0.25, -0.2) is 0 Å². The van der Waals surface area contributed by atoms with Crippen LogP contribution in [0.5, 0.6) is 0 Å². The molecule has 0 aromatic heterocycles. The average Bonchev–Trinajstić information content (AvgIpc) is 2.17. The minimum absolute atomic E-state index is 0.571. The molecule has 0 fully saturated rings. The highest BCUT2D eigenvalue weighted by molar-refractivity contribution is 5.27. The minimum Gasteiger partial charge on any atom is -0.383 e. The molecule has 68 valence electrons.